The SMILES string of the molecule is CN=C(/C(=C\N)NC)N1CCN(C(=O)OC(C)(C)C)CC(F)(F)C1. The van der Waals surface area contributed by atoms with E-state index in [9.17, 15) is 13.6 Å². The van der Waals surface area contributed by atoms with Gasteiger partial charge in [-0.05, 0) is 20.8 Å². The molecule has 0 aromatic rings. The molecule has 3 N–H and O–H groups in total. The molecule has 24 heavy (non-hydrogen) atoms. The molecule has 138 valence electrons. The lowest BCUT2D eigenvalue weighted by molar-refractivity contribution is -0.0377. The van der Waals surface area contributed by atoms with Crippen molar-refractivity contribution in [3.8, 4) is 0 Å². The zero-order valence-electron chi connectivity index (χ0n) is 14.9. The number of amidine groups is 1. The summed E-state index contributed by atoms with van der Waals surface area (Å²) in [5.74, 6) is -2.78. The number of carbonyl (C=O) groups is 1. The molecule has 9 heteroatoms. The van der Waals surface area contributed by atoms with Gasteiger partial charge in [0.05, 0.1) is 18.8 Å². The van der Waals surface area contributed by atoms with E-state index in [1.54, 1.807) is 27.8 Å². The molecular formula is C15H27F2N5O2. The predicted octanol–water partition coefficient (Wildman–Crippen LogP) is 1.22. The Morgan fingerprint density at radius 2 is 1.83 bits per heavy atom. The fourth-order valence-corrected chi connectivity index (χ4v) is 2.37. The molecule has 1 heterocycles. The van der Waals surface area contributed by atoms with Crippen LogP contribution < -0.4 is 11.1 Å². The third-order valence-corrected chi connectivity index (χ3v) is 3.32. The summed E-state index contributed by atoms with van der Waals surface area (Å²) >= 11 is 0. The summed E-state index contributed by atoms with van der Waals surface area (Å²) < 4.78 is 33.8. The number of alkyl halides is 2. The van der Waals surface area contributed by atoms with Gasteiger partial charge in [0.15, 0.2) is 0 Å². The van der Waals surface area contributed by atoms with Crippen LogP contribution in [0.2, 0.25) is 0 Å². The topological polar surface area (TPSA) is 83.2 Å². The molecule has 0 aromatic carbocycles. The number of nitrogens with two attached hydrogens (primary N) is 1. The van der Waals surface area contributed by atoms with Gasteiger partial charge in [-0.25, -0.2) is 13.6 Å². The van der Waals surface area contributed by atoms with Crippen LogP contribution in [0, 0.1) is 0 Å². The van der Waals surface area contributed by atoms with E-state index in [2.05, 4.69) is 10.3 Å². The molecule has 0 unspecified atom stereocenters. The van der Waals surface area contributed by atoms with E-state index in [0.717, 1.165) is 4.90 Å². The molecule has 1 aliphatic heterocycles. The Morgan fingerprint density at radius 1 is 1.29 bits per heavy atom. The van der Waals surface area contributed by atoms with E-state index in [1.807, 2.05) is 0 Å². The molecule has 0 saturated carbocycles. The number of rotatable bonds is 2. The van der Waals surface area contributed by atoms with Crippen molar-refractivity contribution < 1.29 is 18.3 Å². The van der Waals surface area contributed by atoms with Crippen molar-refractivity contribution >= 4 is 11.9 Å². The van der Waals surface area contributed by atoms with Gasteiger partial charge in [0.25, 0.3) is 5.92 Å². The standard InChI is InChI=1S/C15H27F2N5O2/c1-14(2,3)24-13(23)22-7-6-21(9-15(16,17)10-22)12(20-5)11(8-18)19-4/h8,19H,6-7,9-10,18H2,1-5H3/b11-8+,20-12?. The zero-order valence-corrected chi connectivity index (χ0v) is 14.9. The fraction of sp³-hybridized carbons (Fsp3) is 0.733. The van der Waals surface area contributed by atoms with Gasteiger partial charge in [0, 0.05) is 33.4 Å². The van der Waals surface area contributed by atoms with Gasteiger partial charge in [-0.3, -0.25) is 4.99 Å². The van der Waals surface area contributed by atoms with Crippen molar-refractivity contribution in [2.75, 3.05) is 40.3 Å². The molecule has 0 aromatic heterocycles. The summed E-state index contributed by atoms with van der Waals surface area (Å²) in [6, 6.07) is 0. The van der Waals surface area contributed by atoms with Crippen LogP contribution in [0.25, 0.3) is 0 Å². The average molecular weight is 347 g/mol. The van der Waals surface area contributed by atoms with E-state index in [1.165, 1.54) is 18.1 Å². The molecule has 0 atom stereocenters. The predicted molar refractivity (Wildman–Crippen MR) is 89.0 cm³/mol. The van der Waals surface area contributed by atoms with Crippen molar-refractivity contribution in [3.05, 3.63) is 11.9 Å². The van der Waals surface area contributed by atoms with Crippen LogP contribution in [-0.4, -0.2) is 73.5 Å². The van der Waals surface area contributed by atoms with Gasteiger partial charge in [0.1, 0.15) is 11.4 Å². The van der Waals surface area contributed by atoms with Crippen molar-refractivity contribution in [2.45, 2.75) is 32.3 Å². The highest BCUT2D eigenvalue weighted by molar-refractivity contribution is 5.97. The van der Waals surface area contributed by atoms with Gasteiger partial charge in [-0.2, -0.15) is 0 Å². The number of aliphatic imine (C=N–C) groups is 1. The van der Waals surface area contributed by atoms with Gasteiger partial charge in [-0.1, -0.05) is 0 Å². The fourth-order valence-electron chi connectivity index (χ4n) is 2.37. The third-order valence-electron chi connectivity index (χ3n) is 3.32. The van der Waals surface area contributed by atoms with Crippen LogP contribution in [-0.2, 0) is 4.74 Å². The quantitative estimate of drug-likeness (QED) is 0.580. The molecule has 0 radical (unpaired) electrons. The van der Waals surface area contributed by atoms with E-state index in [0.29, 0.717) is 11.5 Å². The van der Waals surface area contributed by atoms with Gasteiger partial charge >= 0.3 is 6.09 Å². The first-order chi connectivity index (χ1) is 11.0. The highest BCUT2D eigenvalue weighted by Gasteiger charge is 2.41. The minimum atomic E-state index is -3.10. The summed E-state index contributed by atoms with van der Waals surface area (Å²) in [6.07, 6.45) is 0.527. The van der Waals surface area contributed by atoms with E-state index in [-0.39, 0.29) is 13.1 Å². The Hall–Kier alpha value is -2.06. The number of ether oxygens (including phenoxy) is 1. The van der Waals surface area contributed by atoms with Crippen LogP contribution in [0.5, 0.6) is 0 Å². The highest BCUT2D eigenvalue weighted by atomic mass is 19.3. The summed E-state index contributed by atoms with van der Waals surface area (Å²) in [7, 11) is 3.14. The number of halogens is 2. The maximum absolute atomic E-state index is 14.3. The van der Waals surface area contributed by atoms with Crippen molar-refractivity contribution in [1.29, 1.82) is 0 Å². The molecule has 0 bridgehead atoms. The molecule has 0 spiro atoms. The molecule has 1 aliphatic rings. The maximum Gasteiger partial charge on any atom is 0.410 e. The number of likely N-dealkylation sites (N-methyl/N-ethyl adjacent to an activating group) is 1. The Labute approximate surface area is 141 Å². The number of amides is 1. The number of nitrogens with zero attached hydrogens (tertiary/aromatic N) is 3. The Balaban J connectivity index is 2.97. The first-order valence-electron chi connectivity index (χ1n) is 7.70. The molecule has 1 amide bonds. The number of hydrogen-bond acceptors (Lipinski definition) is 5. The van der Waals surface area contributed by atoms with Gasteiger partial charge in [-0.15, -0.1) is 0 Å². The summed E-state index contributed by atoms with van der Waals surface area (Å²) in [4.78, 5) is 18.6. The summed E-state index contributed by atoms with van der Waals surface area (Å²) in [5.41, 5.74) is 5.22. The Kier molecular flexibility index (Phi) is 6.39. The number of hydrogen-bond donors (Lipinski definition) is 2. The molecule has 1 saturated heterocycles. The second-order valence-corrected chi connectivity index (χ2v) is 6.56. The molecule has 0 aliphatic carbocycles. The lowest BCUT2D eigenvalue weighted by Crippen LogP contribution is -2.45. The third kappa shape index (κ3) is 5.54. The van der Waals surface area contributed by atoms with E-state index >= 15 is 0 Å². The van der Waals surface area contributed by atoms with Gasteiger partial charge in [0.2, 0.25) is 0 Å². The lowest BCUT2D eigenvalue weighted by atomic mass is 10.2. The van der Waals surface area contributed by atoms with Crippen molar-refractivity contribution in [2.24, 2.45) is 10.7 Å². The molecule has 1 fully saturated rings. The normalized spacial score (nSPS) is 19.8. The Morgan fingerprint density at radius 3 is 2.29 bits per heavy atom. The van der Waals surface area contributed by atoms with Crippen molar-refractivity contribution in [3.63, 3.8) is 0 Å². The first-order valence-corrected chi connectivity index (χ1v) is 7.70. The molecule has 7 nitrogen and oxygen atoms in total. The van der Waals surface area contributed by atoms with Crippen LogP contribution in [0.1, 0.15) is 20.8 Å². The van der Waals surface area contributed by atoms with Crippen LogP contribution in [0.15, 0.2) is 16.9 Å². The second-order valence-electron chi connectivity index (χ2n) is 6.56. The van der Waals surface area contributed by atoms with E-state index < -0.39 is 30.7 Å². The maximum atomic E-state index is 14.3. The van der Waals surface area contributed by atoms with Gasteiger partial charge < -0.3 is 25.6 Å². The largest absolute Gasteiger partial charge is 0.444 e. The van der Waals surface area contributed by atoms with Crippen LogP contribution in [0.4, 0.5) is 13.6 Å². The zero-order chi connectivity index (χ0) is 18.5. The summed E-state index contributed by atoms with van der Waals surface area (Å²) in [6.45, 7) is 4.13. The minimum Gasteiger partial charge on any atom is -0.444 e. The highest BCUT2D eigenvalue weighted by Crippen LogP contribution is 2.23. The first kappa shape index (κ1) is 20.0. The second kappa shape index (κ2) is 7.67. The molecular weight excluding hydrogens is 320 g/mol. The average Bonchev–Trinajstić information content (AvgIpc) is 2.61. The molecule has 1 rings (SSSR count). The Bertz CT molecular complexity index is 514. The smallest absolute Gasteiger partial charge is 0.410 e. The monoisotopic (exact) mass is 347 g/mol. The van der Waals surface area contributed by atoms with Crippen molar-refractivity contribution in [1.82, 2.24) is 15.1 Å². The number of carbonyl (C=O) groups excluding carboxylic acids is 1. The minimum absolute atomic E-state index is 0.102. The summed E-state index contributed by atoms with van der Waals surface area (Å²) in [5, 5.41) is 2.83. The van der Waals surface area contributed by atoms with E-state index in [4.69, 9.17) is 10.5 Å². The van der Waals surface area contributed by atoms with Crippen LogP contribution >= 0.6 is 0 Å². The van der Waals surface area contributed by atoms with Crippen LogP contribution in [0.3, 0.4) is 0 Å². The number of nitrogens with one attached hydrogen (secondary N) is 1. The lowest BCUT2D eigenvalue weighted by Gasteiger charge is -2.27.